The van der Waals surface area contributed by atoms with Gasteiger partial charge in [-0.25, -0.2) is 0 Å². The normalized spacial score (nSPS) is 10.8. The van der Waals surface area contributed by atoms with E-state index in [1.165, 1.54) is 11.8 Å². The first-order valence-electron chi connectivity index (χ1n) is 6.14. The molecule has 0 aliphatic rings. The van der Waals surface area contributed by atoms with Crippen LogP contribution in [0.2, 0.25) is 0 Å². The fourth-order valence-electron chi connectivity index (χ4n) is 1.52. The molecule has 0 saturated heterocycles. The van der Waals surface area contributed by atoms with Crippen LogP contribution in [-0.2, 0) is 14.3 Å². The Balaban J connectivity index is 2.55. The summed E-state index contributed by atoms with van der Waals surface area (Å²) in [5, 5.41) is 0. The number of hydrogen-bond donors (Lipinski definition) is 0. The zero-order chi connectivity index (χ0) is 14.3. The fourth-order valence-corrected chi connectivity index (χ4v) is 2.36. The van der Waals surface area contributed by atoms with Crippen molar-refractivity contribution in [2.75, 3.05) is 33.6 Å². The van der Waals surface area contributed by atoms with Gasteiger partial charge in [-0.1, -0.05) is 12.1 Å². The summed E-state index contributed by atoms with van der Waals surface area (Å²) in [6.07, 6.45) is -0.341. The van der Waals surface area contributed by atoms with Gasteiger partial charge >= 0.3 is 0 Å². The van der Waals surface area contributed by atoms with Crippen molar-refractivity contribution in [1.29, 1.82) is 0 Å². The minimum absolute atomic E-state index is 0.142. The van der Waals surface area contributed by atoms with Crippen LogP contribution in [0, 0.1) is 0 Å². The Labute approximate surface area is 119 Å². The number of nitrogens with zero attached hydrogens (tertiary/aromatic N) is 1. The molecule has 0 saturated carbocycles. The Hall–Kier alpha value is -1.04. The molecule has 4 nitrogen and oxygen atoms in total. The molecule has 1 aromatic rings. The summed E-state index contributed by atoms with van der Waals surface area (Å²) in [6, 6.07) is 7.86. The molecule has 0 bridgehead atoms. The molecule has 0 N–H and O–H groups in total. The molecule has 0 aliphatic carbocycles. The number of ether oxygens (including phenoxy) is 2. The molecular weight excluding hydrogens is 262 g/mol. The van der Waals surface area contributed by atoms with E-state index in [1.54, 1.807) is 19.1 Å². The molecule has 0 spiro atoms. The number of carbonyl (C=O) groups excluding carboxylic acids is 1. The van der Waals surface area contributed by atoms with Gasteiger partial charge in [-0.15, -0.1) is 11.8 Å². The minimum atomic E-state index is -0.341. The van der Waals surface area contributed by atoms with E-state index in [0.717, 1.165) is 17.0 Å². The smallest absolute Gasteiger partial charge is 0.232 e. The molecule has 0 heterocycles. The van der Waals surface area contributed by atoms with E-state index in [2.05, 4.69) is 0 Å². The molecule has 0 unspecified atom stereocenters. The molecule has 5 heteroatoms. The summed E-state index contributed by atoms with van der Waals surface area (Å²) in [5.74, 6) is 0.602. The lowest BCUT2D eigenvalue weighted by Gasteiger charge is -2.15. The Morgan fingerprint density at radius 3 is 2.32 bits per heavy atom. The molecule has 1 amide bonds. The van der Waals surface area contributed by atoms with E-state index < -0.39 is 0 Å². The summed E-state index contributed by atoms with van der Waals surface area (Å²) in [7, 11) is 5.03. The van der Waals surface area contributed by atoms with Crippen LogP contribution in [0.3, 0.4) is 0 Å². The van der Waals surface area contributed by atoms with Gasteiger partial charge in [0.2, 0.25) is 5.91 Å². The Bertz CT molecular complexity index is 390. The molecule has 0 aliphatic heterocycles. The predicted octanol–water partition coefficient (Wildman–Crippen LogP) is 2.55. The van der Waals surface area contributed by atoms with Crippen molar-refractivity contribution in [3.63, 3.8) is 0 Å². The average molecular weight is 283 g/mol. The van der Waals surface area contributed by atoms with Gasteiger partial charge in [0.25, 0.3) is 0 Å². The summed E-state index contributed by atoms with van der Waals surface area (Å²) in [6.45, 7) is 2.70. The van der Waals surface area contributed by atoms with Gasteiger partial charge in [-0.05, 0) is 19.1 Å². The van der Waals surface area contributed by atoms with E-state index in [0.29, 0.717) is 5.75 Å². The molecule has 0 atom stereocenters. The zero-order valence-corrected chi connectivity index (χ0v) is 12.7. The average Bonchev–Trinajstić information content (AvgIpc) is 2.46. The first-order chi connectivity index (χ1) is 9.12. The second-order valence-corrected chi connectivity index (χ2v) is 5.12. The number of thioether (sulfide) groups is 1. The lowest BCUT2D eigenvalue weighted by Crippen LogP contribution is -2.27. The van der Waals surface area contributed by atoms with Crippen LogP contribution in [-0.4, -0.2) is 44.4 Å². The van der Waals surface area contributed by atoms with Gasteiger partial charge in [-0.3, -0.25) is 4.79 Å². The van der Waals surface area contributed by atoms with Gasteiger partial charge in [-0.2, -0.15) is 0 Å². The van der Waals surface area contributed by atoms with Crippen molar-refractivity contribution in [2.45, 2.75) is 18.1 Å². The van der Waals surface area contributed by atoms with Crippen LogP contribution >= 0.6 is 11.8 Å². The van der Waals surface area contributed by atoms with Gasteiger partial charge in [0.15, 0.2) is 6.29 Å². The van der Waals surface area contributed by atoms with Crippen LogP contribution in [0.25, 0.3) is 0 Å². The van der Waals surface area contributed by atoms with Crippen molar-refractivity contribution in [1.82, 2.24) is 4.90 Å². The van der Waals surface area contributed by atoms with E-state index in [9.17, 15) is 4.79 Å². The van der Waals surface area contributed by atoms with Crippen LogP contribution < -0.4 is 0 Å². The van der Waals surface area contributed by atoms with E-state index in [-0.39, 0.29) is 12.2 Å². The van der Waals surface area contributed by atoms with Gasteiger partial charge in [0.1, 0.15) is 0 Å². The third kappa shape index (κ3) is 4.86. The minimum Gasteiger partial charge on any atom is -0.352 e. The van der Waals surface area contributed by atoms with E-state index in [4.69, 9.17) is 9.47 Å². The highest BCUT2D eigenvalue weighted by molar-refractivity contribution is 8.00. The maximum absolute atomic E-state index is 11.7. The van der Waals surface area contributed by atoms with Gasteiger partial charge in [0.05, 0.1) is 5.75 Å². The Morgan fingerprint density at radius 2 is 1.84 bits per heavy atom. The highest BCUT2D eigenvalue weighted by Crippen LogP contribution is 2.23. The number of rotatable bonds is 7. The number of methoxy groups -OCH3 is 2. The Kier molecular flexibility index (Phi) is 6.91. The Morgan fingerprint density at radius 1 is 1.26 bits per heavy atom. The SMILES string of the molecule is CCN(C)C(=O)CSc1ccc(C(OC)OC)cc1. The van der Waals surface area contributed by atoms with Crippen molar-refractivity contribution in [2.24, 2.45) is 0 Å². The summed E-state index contributed by atoms with van der Waals surface area (Å²) in [4.78, 5) is 14.5. The molecule has 1 rings (SSSR count). The third-order valence-electron chi connectivity index (χ3n) is 2.84. The molecule has 19 heavy (non-hydrogen) atoms. The lowest BCUT2D eigenvalue weighted by molar-refractivity contribution is -0.126. The van der Waals surface area contributed by atoms with Crippen molar-refractivity contribution >= 4 is 17.7 Å². The zero-order valence-electron chi connectivity index (χ0n) is 11.9. The standard InChI is InChI=1S/C14H21NO3S/c1-5-15(2)13(16)10-19-12-8-6-11(7-9-12)14(17-3)18-4/h6-9,14H,5,10H2,1-4H3. The van der Waals surface area contributed by atoms with E-state index in [1.807, 2.05) is 38.2 Å². The first-order valence-corrected chi connectivity index (χ1v) is 7.13. The van der Waals surface area contributed by atoms with Crippen LogP contribution in [0.15, 0.2) is 29.2 Å². The lowest BCUT2D eigenvalue weighted by atomic mass is 10.2. The maximum Gasteiger partial charge on any atom is 0.232 e. The second-order valence-electron chi connectivity index (χ2n) is 4.07. The number of benzene rings is 1. The highest BCUT2D eigenvalue weighted by atomic mass is 32.2. The molecule has 0 radical (unpaired) electrons. The topological polar surface area (TPSA) is 38.8 Å². The highest BCUT2D eigenvalue weighted by Gasteiger charge is 2.10. The van der Waals surface area contributed by atoms with Crippen molar-refractivity contribution < 1.29 is 14.3 Å². The van der Waals surface area contributed by atoms with E-state index >= 15 is 0 Å². The maximum atomic E-state index is 11.7. The first kappa shape index (κ1) is 16.0. The van der Waals surface area contributed by atoms with Gasteiger partial charge in [0, 0.05) is 38.3 Å². The number of hydrogen-bond acceptors (Lipinski definition) is 4. The molecule has 0 fully saturated rings. The molecular formula is C14H21NO3S. The summed E-state index contributed by atoms with van der Waals surface area (Å²) >= 11 is 1.54. The van der Waals surface area contributed by atoms with Crippen molar-refractivity contribution in [3.8, 4) is 0 Å². The van der Waals surface area contributed by atoms with Crippen LogP contribution in [0.1, 0.15) is 18.8 Å². The summed E-state index contributed by atoms with van der Waals surface area (Å²) in [5.41, 5.74) is 0.964. The number of amides is 1. The second kappa shape index (κ2) is 8.19. The number of carbonyl (C=O) groups is 1. The quantitative estimate of drug-likeness (QED) is 0.569. The largest absolute Gasteiger partial charge is 0.352 e. The fraction of sp³-hybridized carbons (Fsp3) is 0.500. The summed E-state index contributed by atoms with van der Waals surface area (Å²) < 4.78 is 10.4. The predicted molar refractivity (Wildman–Crippen MR) is 77.2 cm³/mol. The van der Waals surface area contributed by atoms with Crippen LogP contribution in [0.4, 0.5) is 0 Å². The van der Waals surface area contributed by atoms with Gasteiger partial charge < -0.3 is 14.4 Å². The molecule has 0 aromatic heterocycles. The third-order valence-corrected chi connectivity index (χ3v) is 3.84. The van der Waals surface area contributed by atoms with Crippen LogP contribution in [0.5, 0.6) is 0 Å². The van der Waals surface area contributed by atoms with Crippen molar-refractivity contribution in [3.05, 3.63) is 29.8 Å². The monoisotopic (exact) mass is 283 g/mol. The molecule has 1 aromatic carbocycles. The molecule has 106 valence electrons.